The molecule has 126 valence electrons. The second kappa shape index (κ2) is 6.10. The number of aliphatic carboxylic acids is 1. The van der Waals surface area contributed by atoms with Crippen LogP contribution < -0.4 is 0 Å². The fourth-order valence-electron chi connectivity index (χ4n) is 4.78. The monoisotopic (exact) mass is 324 g/mol. The van der Waals surface area contributed by atoms with Crippen LogP contribution in [0.4, 0.5) is 0 Å². The molecule has 0 radical (unpaired) electrons. The van der Waals surface area contributed by atoms with Gasteiger partial charge in [0.05, 0.1) is 0 Å². The van der Waals surface area contributed by atoms with E-state index in [0.717, 1.165) is 25.8 Å². The normalized spacial score (nSPS) is 26.8. The Balaban J connectivity index is 1.56. The van der Waals surface area contributed by atoms with Crippen LogP contribution in [0.15, 0.2) is 36.5 Å². The van der Waals surface area contributed by atoms with Gasteiger partial charge in [-0.3, -0.25) is 0 Å². The molecule has 4 rings (SSSR count). The van der Waals surface area contributed by atoms with Crippen molar-refractivity contribution in [3.63, 3.8) is 0 Å². The summed E-state index contributed by atoms with van der Waals surface area (Å²) < 4.78 is 0. The number of fused-ring (bicyclic) bond motifs is 2. The van der Waals surface area contributed by atoms with Crippen molar-refractivity contribution in [1.29, 1.82) is 0 Å². The molecule has 24 heavy (non-hydrogen) atoms. The van der Waals surface area contributed by atoms with E-state index in [1.165, 1.54) is 34.5 Å². The summed E-state index contributed by atoms with van der Waals surface area (Å²) in [7, 11) is 2.24. The smallest absolute Gasteiger partial charge is 0.327 e. The molecule has 2 N–H and O–H groups in total. The Morgan fingerprint density at radius 1 is 1.46 bits per heavy atom. The van der Waals surface area contributed by atoms with Crippen LogP contribution >= 0.6 is 0 Å². The lowest BCUT2D eigenvalue weighted by Gasteiger charge is -2.45. The van der Waals surface area contributed by atoms with Crippen molar-refractivity contribution in [1.82, 2.24) is 9.88 Å². The number of rotatable bonds is 4. The number of nitrogens with zero attached hydrogens (tertiary/aromatic N) is 1. The highest BCUT2D eigenvalue weighted by Gasteiger charge is 2.38. The number of piperidine rings is 1. The van der Waals surface area contributed by atoms with E-state index < -0.39 is 5.97 Å². The lowest BCUT2D eigenvalue weighted by atomic mass is 9.72. The standard InChI is InChI=1S/C20H24N2O2/c1-22-12-13(5-2-3-8-19(23)24)9-16-15-6-4-7-17-20(15)14(11-21-17)10-18(16)22/h3-4,6-8,11,13,16,18,21H,2,5,9-10,12H2,1H3,(H,23,24)/b8-3+/t13-,16?,18-/m1/s1. The molecule has 0 amide bonds. The van der Waals surface area contributed by atoms with E-state index in [2.05, 4.69) is 41.3 Å². The highest BCUT2D eigenvalue weighted by molar-refractivity contribution is 5.88. The number of H-pyrrole nitrogens is 1. The molecule has 1 aliphatic carbocycles. The molecule has 2 heterocycles. The number of hydrogen-bond acceptors (Lipinski definition) is 2. The molecule has 1 aliphatic heterocycles. The van der Waals surface area contributed by atoms with Gasteiger partial charge < -0.3 is 15.0 Å². The van der Waals surface area contributed by atoms with Crippen LogP contribution in [-0.2, 0) is 11.2 Å². The van der Waals surface area contributed by atoms with Gasteiger partial charge in [0, 0.05) is 41.7 Å². The van der Waals surface area contributed by atoms with E-state index >= 15 is 0 Å². The maximum Gasteiger partial charge on any atom is 0.327 e. The number of likely N-dealkylation sites (N-methyl/N-ethyl adjacent to an activating group) is 1. The number of aromatic nitrogens is 1. The Hall–Kier alpha value is -2.07. The SMILES string of the molecule is CN1C[C@H](CC/C=C/C(=O)O)CC2c3cccc4[nH]cc(c34)C[C@H]21. The third-order valence-corrected chi connectivity index (χ3v) is 5.81. The third-order valence-electron chi connectivity index (χ3n) is 5.81. The molecule has 1 unspecified atom stereocenters. The molecule has 3 atom stereocenters. The van der Waals surface area contributed by atoms with Gasteiger partial charge >= 0.3 is 5.97 Å². The fraction of sp³-hybridized carbons (Fsp3) is 0.450. The first-order chi connectivity index (χ1) is 11.6. The van der Waals surface area contributed by atoms with Crippen LogP contribution in [0.1, 0.15) is 36.3 Å². The number of hydrogen-bond donors (Lipinski definition) is 2. The van der Waals surface area contributed by atoms with Gasteiger partial charge in [-0.1, -0.05) is 18.2 Å². The van der Waals surface area contributed by atoms with Crippen LogP contribution in [0, 0.1) is 5.92 Å². The Bertz CT molecular complexity index is 792. The molecule has 0 saturated carbocycles. The van der Waals surface area contributed by atoms with Crippen molar-refractivity contribution >= 4 is 16.9 Å². The Kier molecular flexibility index (Phi) is 3.93. The Morgan fingerprint density at radius 2 is 2.33 bits per heavy atom. The van der Waals surface area contributed by atoms with Crippen LogP contribution in [0.2, 0.25) is 0 Å². The van der Waals surface area contributed by atoms with E-state index in [1.54, 1.807) is 6.08 Å². The minimum atomic E-state index is -0.852. The summed E-state index contributed by atoms with van der Waals surface area (Å²) in [5, 5.41) is 10.1. The fourth-order valence-corrected chi connectivity index (χ4v) is 4.78. The summed E-state index contributed by atoms with van der Waals surface area (Å²) in [5.41, 5.74) is 4.21. The molecule has 4 heteroatoms. The summed E-state index contributed by atoms with van der Waals surface area (Å²) in [5.74, 6) is 0.365. The molecule has 0 bridgehead atoms. The van der Waals surface area contributed by atoms with Gasteiger partial charge in [0.25, 0.3) is 0 Å². The molecular formula is C20H24N2O2. The summed E-state index contributed by atoms with van der Waals surface area (Å²) in [4.78, 5) is 16.5. The highest BCUT2D eigenvalue weighted by Crippen LogP contribution is 2.44. The lowest BCUT2D eigenvalue weighted by Crippen LogP contribution is -2.47. The van der Waals surface area contributed by atoms with Crippen molar-refractivity contribution in [2.24, 2.45) is 5.92 Å². The Labute approximate surface area is 142 Å². The summed E-state index contributed by atoms with van der Waals surface area (Å²) >= 11 is 0. The molecular weight excluding hydrogens is 300 g/mol. The first-order valence-electron chi connectivity index (χ1n) is 8.82. The van der Waals surface area contributed by atoms with E-state index in [0.29, 0.717) is 17.9 Å². The third kappa shape index (κ3) is 2.65. The number of carbonyl (C=O) groups is 1. The molecule has 1 saturated heterocycles. The summed E-state index contributed by atoms with van der Waals surface area (Å²) in [6.07, 6.45) is 9.49. The molecule has 0 spiro atoms. The van der Waals surface area contributed by atoms with E-state index in [1.807, 2.05) is 0 Å². The van der Waals surface area contributed by atoms with Gasteiger partial charge in [0.1, 0.15) is 0 Å². The number of nitrogens with one attached hydrogen (secondary N) is 1. The van der Waals surface area contributed by atoms with Crippen molar-refractivity contribution in [2.75, 3.05) is 13.6 Å². The predicted octanol–water partition coefficient (Wildman–Crippen LogP) is 3.55. The number of aromatic amines is 1. The van der Waals surface area contributed by atoms with Crippen LogP contribution in [0.3, 0.4) is 0 Å². The second-order valence-corrected chi connectivity index (χ2v) is 7.32. The average molecular weight is 324 g/mol. The zero-order valence-corrected chi connectivity index (χ0v) is 14.0. The zero-order valence-electron chi connectivity index (χ0n) is 14.0. The maximum absolute atomic E-state index is 10.6. The van der Waals surface area contributed by atoms with Crippen LogP contribution in [-0.4, -0.2) is 40.6 Å². The minimum Gasteiger partial charge on any atom is -0.478 e. The molecule has 2 aromatic rings. The van der Waals surface area contributed by atoms with Crippen molar-refractivity contribution in [3.05, 3.63) is 47.7 Å². The minimum absolute atomic E-state index is 0.587. The average Bonchev–Trinajstić information content (AvgIpc) is 2.97. The van der Waals surface area contributed by atoms with Gasteiger partial charge in [-0.15, -0.1) is 0 Å². The zero-order chi connectivity index (χ0) is 16.7. The number of allylic oxidation sites excluding steroid dienone is 1. The number of likely N-dealkylation sites (tertiary alicyclic amines) is 1. The summed E-state index contributed by atoms with van der Waals surface area (Å²) in [6.45, 7) is 1.11. The number of carboxylic acid groups (broad SMARTS) is 1. The van der Waals surface area contributed by atoms with E-state index in [9.17, 15) is 4.79 Å². The van der Waals surface area contributed by atoms with Gasteiger partial charge in [-0.25, -0.2) is 4.79 Å². The first kappa shape index (κ1) is 15.5. The van der Waals surface area contributed by atoms with Gasteiger partial charge in [0.15, 0.2) is 0 Å². The molecule has 1 aromatic heterocycles. The topological polar surface area (TPSA) is 56.3 Å². The van der Waals surface area contributed by atoms with Crippen molar-refractivity contribution in [2.45, 2.75) is 37.6 Å². The lowest BCUT2D eigenvalue weighted by molar-refractivity contribution is -0.131. The molecule has 1 aromatic carbocycles. The van der Waals surface area contributed by atoms with Gasteiger partial charge in [-0.05, 0) is 55.8 Å². The van der Waals surface area contributed by atoms with E-state index in [4.69, 9.17) is 5.11 Å². The Morgan fingerprint density at radius 3 is 3.17 bits per heavy atom. The molecule has 4 nitrogen and oxygen atoms in total. The molecule has 2 aliphatic rings. The predicted molar refractivity (Wildman–Crippen MR) is 95.3 cm³/mol. The van der Waals surface area contributed by atoms with Crippen molar-refractivity contribution < 1.29 is 9.90 Å². The first-order valence-corrected chi connectivity index (χ1v) is 8.82. The van der Waals surface area contributed by atoms with Crippen molar-refractivity contribution in [3.8, 4) is 0 Å². The summed E-state index contributed by atoms with van der Waals surface area (Å²) in [6, 6.07) is 7.23. The van der Waals surface area contributed by atoms with Crippen LogP contribution in [0.25, 0.3) is 10.9 Å². The second-order valence-electron chi connectivity index (χ2n) is 7.32. The van der Waals surface area contributed by atoms with E-state index in [-0.39, 0.29) is 0 Å². The van der Waals surface area contributed by atoms with Crippen LogP contribution in [0.5, 0.6) is 0 Å². The number of benzene rings is 1. The largest absolute Gasteiger partial charge is 0.478 e. The quantitative estimate of drug-likeness (QED) is 0.846. The van der Waals surface area contributed by atoms with Gasteiger partial charge in [-0.2, -0.15) is 0 Å². The number of carboxylic acids is 1. The molecule has 1 fully saturated rings. The van der Waals surface area contributed by atoms with Gasteiger partial charge in [0.2, 0.25) is 0 Å². The highest BCUT2D eigenvalue weighted by atomic mass is 16.4. The maximum atomic E-state index is 10.6.